The molecule has 0 aliphatic heterocycles. The number of anilines is 1. The zero-order valence-electron chi connectivity index (χ0n) is 13.5. The van der Waals surface area contributed by atoms with Crippen molar-refractivity contribution in [1.29, 1.82) is 0 Å². The van der Waals surface area contributed by atoms with Crippen LogP contribution in [-0.2, 0) is 0 Å². The third-order valence-electron chi connectivity index (χ3n) is 3.80. The third kappa shape index (κ3) is 3.27. The highest BCUT2D eigenvalue weighted by Crippen LogP contribution is 2.29. The van der Waals surface area contributed by atoms with Crippen molar-refractivity contribution in [3.63, 3.8) is 0 Å². The average molecular weight is 349 g/mol. The summed E-state index contributed by atoms with van der Waals surface area (Å²) in [5.41, 5.74) is 2.78. The van der Waals surface area contributed by atoms with Gasteiger partial charge in [-0.25, -0.2) is 9.97 Å². The lowest BCUT2D eigenvalue weighted by Crippen LogP contribution is -2.09. The Morgan fingerprint density at radius 1 is 1.16 bits per heavy atom. The van der Waals surface area contributed by atoms with Gasteiger partial charge >= 0.3 is 0 Å². The largest absolute Gasteiger partial charge is 0.363 e. The molecule has 0 bridgehead atoms. The fourth-order valence-corrected chi connectivity index (χ4v) is 3.11. The first kappa shape index (κ1) is 15.5. The number of hydrogen-bond donors (Lipinski definition) is 1. The molecule has 7 heteroatoms. The summed E-state index contributed by atoms with van der Waals surface area (Å²) in [4.78, 5) is 12.9. The lowest BCUT2D eigenvalue weighted by atomic mass is 10.1. The van der Waals surface area contributed by atoms with Gasteiger partial charge in [0.15, 0.2) is 0 Å². The molecular weight excluding hydrogens is 334 g/mol. The minimum absolute atomic E-state index is 0.0779. The summed E-state index contributed by atoms with van der Waals surface area (Å²) in [6.07, 6.45) is 3.18. The number of rotatable bonds is 5. The molecule has 1 aromatic carbocycles. The zero-order chi connectivity index (χ0) is 17.1. The zero-order valence-corrected chi connectivity index (χ0v) is 14.3. The van der Waals surface area contributed by atoms with Crippen LogP contribution in [0, 0.1) is 0 Å². The lowest BCUT2D eigenvalue weighted by molar-refractivity contribution is 0.432. The monoisotopic (exact) mass is 349 g/mol. The van der Waals surface area contributed by atoms with Crippen molar-refractivity contribution in [1.82, 2.24) is 20.1 Å². The van der Waals surface area contributed by atoms with E-state index in [0.29, 0.717) is 23.1 Å². The topological polar surface area (TPSA) is 76.7 Å². The average Bonchev–Trinajstić information content (AvgIpc) is 3.34. The first-order chi connectivity index (χ1) is 12.3. The summed E-state index contributed by atoms with van der Waals surface area (Å²) in [5.74, 6) is 1.61. The van der Waals surface area contributed by atoms with Crippen LogP contribution in [0.2, 0.25) is 0 Å². The third-order valence-corrected chi connectivity index (χ3v) is 4.48. The summed E-state index contributed by atoms with van der Waals surface area (Å²) in [6.45, 7) is 2.08. The van der Waals surface area contributed by atoms with E-state index in [1.54, 1.807) is 17.5 Å². The Morgan fingerprint density at radius 3 is 2.84 bits per heavy atom. The molecule has 3 heterocycles. The van der Waals surface area contributed by atoms with Gasteiger partial charge in [0, 0.05) is 23.2 Å². The van der Waals surface area contributed by atoms with Gasteiger partial charge in [-0.05, 0) is 23.9 Å². The highest BCUT2D eigenvalue weighted by molar-refractivity contribution is 7.08. The number of benzene rings is 1. The molecule has 0 amide bonds. The molecule has 0 aliphatic rings. The Kier molecular flexibility index (Phi) is 4.22. The van der Waals surface area contributed by atoms with Gasteiger partial charge in [-0.15, -0.1) is 0 Å². The fraction of sp³-hybridized carbons (Fsp3) is 0.111. The first-order valence-corrected chi connectivity index (χ1v) is 8.73. The van der Waals surface area contributed by atoms with Gasteiger partial charge in [0.05, 0.1) is 0 Å². The van der Waals surface area contributed by atoms with Crippen LogP contribution in [0.25, 0.3) is 22.8 Å². The van der Waals surface area contributed by atoms with Crippen molar-refractivity contribution in [2.24, 2.45) is 0 Å². The van der Waals surface area contributed by atoms with Crippen molar-refractivity contribution in [3.8, 4) is 22.8 Å². The number of thiophene rings is 1. The van der Waals surface area contributed by atoms with Gasteiger partial charge in [0.1, 0.15) is 17.7 Å². The van der Waals surface area contributed by atoms with E-state index < -0.39 is 0 Å². The van der Waals surface area contributed by atoms with E-state index in [-0.39, 0.29) is 6.04 Å². The van der Waals surface area contributed by atoms with Crippen LogP contribution >= 0.6 is 11.3 Å². The molecule has 6 nitrogen and oxygen atoms in total. The molecule has 0 fully saturated rings. The standard InChI is InChI=1S/C18H15N5OS/c1-12(13-5-3-2-4-6-13)21-17-15(9-19-11-20-17)18-22-16(23-24-18)14-7-8-25-10-14/h2-12H,1H3,(H,19,20,21)/t12-/m1/s1. The van der Waals surface area contributed by atoms with Crippen LogP contribution in [0.15, 0.2) is 64.2 Å². The van der Waals surface area contributed by atoms with Crippen molar-refractivity contribution < 1.29 is 4.52 Å². The Bertz CT molecular complexity index is 953. The number of nitrogens with one attached hydrogen (secondary N) is 1. The van der Waals surface area contributed by atoms with Crippen LogP contribution in [0.1, 0.15) is 18.5 Å². The van der Waals surface area contributed by atoms with E-state index in [0.717, 1.165) is 11.1 Å². The molecular formula is C18H15N5OS. The molecule has 0 aliphatic carbocycles. The van der Waals surface area contributed by atoms with Crippen LogP contribution < -0.4 is 5.32 Å². The molecule has 3 aromatic heterocycles. The number of aromatic nitrogens is 4. The molecule has 1 N–H and O–H groups in total. The second-order valence-electron chi connectivity index (χ2n) is 5.50. The minimum atomic E-state index is 0.0779. The van der Waals surface area contributed by atoms with Crippen molar-refractivity contribution in [3.05, 3.63) is 65.2 Å². The number of hydrogen-bond acceptors (Lipinski definition) is 7. The summed E-state index contributed by atoms with van der Waals surface area (Å²) in [6, 6.07) is 12.2. The molecule has 25 heavy (non-hydrogen) atoms. The summed E-state index contributed by atoms with van der Waals surface area (Å²) in [5, 5.41) is 11.4. The SMILES string of the molecule is C[C@@H](Nc1ncncc1-c1nc(-c2ccsc2)no1)c1ccccc1. The van der Waals surface area contributed by atoms with E-state index in [9.17, 15) is 0 Å². The maximum atomic E-state index is 5.43. The van der Waals surface area contributed by atoms with Crippen LogP contribution in [0.3, 0.4) is 0 Å². The van der Waals surface area contributed by atoms with Crippen molar-refractivity contribution in [2.45, 2.75) is 13.0 Å². The van der Waals surface area contributed by atoms with Crippen LogP contribution in [0.5, 0.6) is 0 Å². The predicted molar refractivity (Wildman–Crippen MR) is 97.1 cm³/mol. The molecule has 4 aromatic rings. The second-order valence-corrected chi connectivity index (χ2v) is 6.28. The molecule has 4 rings (SSSR count). The fourth-order valence-electron chi connectivity index (χ4n) is 2.47. The smallest absolute Gasteiger partial charge is 0.263 e. The highest BCUT2D eigenvalue weighted by atomic mass is 32.1. The number of nitrogens with zero attached hydrogens (tertiary/aromatic N) is 4. The summed E-state index contributed by atoms with van der Waals surface area (Å²) < 4.78 is 5.43. The van der Waals surface area contributed by atoms with Crippen molar-refractivity contribution >= 4 is 17.2 Å². The van der Waals surface area contributed by atoms with E-state index in [1.165, 1.54) is 6.33 Å². The second kappa shape index (κ2) is 6.82. The first-order valence-electron chi connectivity index (χ1n) is 7.79. The quantitative estimate of drug-likeness (QED) is 0.574. The van der Waals surface area contributed by atoms with Crippen LogP contribution in [-0.4, -0.2) is 20.1 Å². The molecule has 0 radical (unpaired) electrons. The Hall–Kier alpha value is -3.06. The lowest BCUT2D eigenvalue weighted by Gasteiger charge is -2.16. The predicted octanol–water partition coefficient (Wildman–Crippen LogP) is 4.43. The van der Waals surface area contributed by atoms with Gasteiger partial charge in [-0.2, -0.15) is 16.3 Å². The summed E-state index contributed by atoms with van der Waals surface area (Å²) in [7, 11) is 0. The maximum Gasteiger partial charge on any atom is 0.263 e. The molecule has 0 saturated carbocycles. The molecule has 1 atom stereocenters. The van der Waals surface area contributed by atoms with Crippen molar-refractivity contribution in [2.75, 3.05) is 5.32 Å². The molecule has 0 spiro atoms. The van der Waals surface area contributed by atoms with Gasteiger partial charge in [-0.3, -0.25) is 0 Å². The van der Waals surface area contributed by atoms with E-state index >= 15 is 0 Å². The molecule has 0 saturated heterocycles. The normalized spacial score (nSPS) is 12.0. The Morgan fingerprint density at radius 2 is 2.04 bits per heavy atom. The highest BCUT2D eigenvalue weighted by Gasteiger charge is 2.17. The van der Waals surface area contributed by atoms with Gasteiger partial charge in [0.25, 0.3) is 5.89 Å². The van der Waals surface area contributed by atoms with Gasteiger partial charge in [-0.1, -0.05) is 35.5 Å². The Labute approximate surface area is 148 Å². The van der Waals surface area contributed by atoms with E-state index in [2.05, 4.69) is 44.5 Å². The maximum absolute atomic E-state index is 5.43. The van der Waals surface area contributed by atoms with E-state index in [1.807, 2.05) is 35.0 Å². The minimum Gasteiger partial charge on any atom is -0.363 e. The van der Waals surface area contributed by atoms with Gasteiger partial charge < -0.3 is 9.84 Å². The van der Waals surface area contributed by atoms with Gasteiger partial charge in [0.2, 0.25) is 5.82 Å². The molecule has 0 unspecified atom stereocenters. The molecule has 124 valence electrons. The van der Waals surface area contributed by atoms with Crippen LogP contribution in [0.4, 0.5) is 5.82 Å². The summed E-state index contributed by atoms with van der Waals surface area (Å²) >= 11 is 1.59. The Balaban J connectivity index is 1.63. The van der Waals surface area contributed by atoms with E-state index in [4.69, 9.17) is 4.52 Å².